The summed E-state index contributed by atoms with van der Waals surface area (Å²) in [5.41, 5.74) is 9.32. The number of hydrogen-bond donors (Lipinski definition) is 1. The van der Waals surface area contributed by atoms with E-state index in [2.05, 4.69) is 4.98 Å². The zero-order valence-electron chi connectivity index (χ0n) is 11.4. The molecule has 0 fully saturated rings. The van der Waals surface area contributed by atoms with E-state index < -0.39 is 0 Å². The van der Waals surface area contributed by atoms with Crippen LogP contribution in [0, 0.1) is 13.8 Å². The van der Waals surface area contributed by atoms with Crippen LogP contribution in [-0.2, 0) is 6.54 Å². The van der Waals surface area contributed by atoms with E-state index in [1.807, 2.05) is 30.7 Å². The summed E-state index contributed by atoms with van der Waals surface area (Å²) < 4.78 is 7.41. The molecule has 5 heteroatoms. The van der Waals surface area contributed by atoms with Crippen LogP contribution in [0.1, 0.15) is 11.1 Å². The number of hydrogen-bond acceptors (Lipinski definition) is 3. The van der Waals surface area contributed by atoms with Crippen LogP contribution in [0.15, 0.2) is 18.6 Å². The summed E-state index contributed by atoms with van der Waals surface area (Å²) in [6.07, 6.45) is 3.73. The normalized spacial score (nSPS) is 10.8. The topological polar surface area (TPSA) is 53.1 Å². The van der Waals surface area contributed by atoms with Crippen molar-refractivity contribution in [2.75, 3.05) is 13.7 Å². The van der Waals surface area contributed by atoms with Gasteiger partial charge in [0.25, 0.3) is 0 Å². The smallest absolute Gasteiger partial charge is 0.128 e. The standard InChI is InChI=1S/C14H18ClN3O/c1-9-6-12(19-3)13(10(2)14(9)15)11-7-18(5-4-16)8-17-11/h6-8H,4-5,16H2,1-3H3. The first kappa shape index (κ1) is 13.9. The Balaban J connectivity index is 2.56. The first-order valence-electron chi connectivity index (χ1n) is 6.14. The quantitative estimate of drug-likeness (QED) is 0.936. The summed E-state index contributed by atoms with van der Waals surface area (Å²) in [5.74, 6) is 0.789. The Kier molecular flexibility index (Phi) is 4.12. The number of ether oxygens (including phenoxy) is 1. The summed E-state index contributed by atoms with van der Waals surface area (Å²) in [6, 6.07) is 1.94. The highest BCUT2D eigenvalue weighted by Crippen LogP contribution is 2.38. The van der Waals surface area contributed by atoms with E-state index >= 15 is 0 Å². The third-order valence-corrected chi connectivity index (χ3v) is 3.72. The fourth-order valence-electron chi connectivity index (χ4n) is 2.16. The van der Waals surface area contributed by atoms with Gasteiger partial charge in [-0.15, -0.1) is 0 Å². The number of aryl methyl sites for hydroxylation is 1. The molecule has 0 aliphatic rings. The largest absolute Gasteiger partial charge is 0.496 e. The molecule has 1 aromatic heterocycles. The van der Waals surface area contributed by atoms with Crippen molar-refractivity contribution in [3.63, 3.8) is 0 Å². The van der Waals surface area contributed by atoms with E-state index in [9.17, 15) is 0 Å². The Bertz CT molecular complexity index is 593. The minimum absolute atomic E-state index is 0.584. The molecule has 0 aliphatic carbocycles. The SMILES string of the molecule is COc1cc(C)c(Cl)c(C)c1-c1cn(CCN)cn1. The summed E-state index contributed by atoms with van der Waals surface area (Å²) in [7, 11) is 1.66. The Morgan fingerprint density at radius 2 is 2.16 bits per heavy atom. The molecule has 19 heavy (non-hydrogen) atoms. The molecule has 0 atom stereocenters. The molecular weight excluding hydrogens is 262 g/mol. The second-order valence-corrected chi connectivity index (χ2v) is 4.87. The number of nitrogens with two attached hydrogens (primary N) is 1. The van der Waals surface area contributed by atoms with Gasteiger partial charge in [-0.2, -0.15) is 0 Å². The van der Waals surface area contributed by atoms with Gasteiger partial charge in [-0.25, -0.2) is 4.98 Å². The van der Waals surface area contributed by atoms with Crippen LogP contribution in [0.25, 0.3) is 11.3 Å². The maximum atomic E-state index is 6.32. The van der Waals surface area contributed by atoms with Crippen molar-refractivity contribution >= 4 is 11.6 Å². The third-order valence-electron chi connectivity index (χ3n) is 3.14. The Morgan fingerprint density at radius 3 is 2.79 bits per heavy atom. The molecule has 2 N–H and O–H groups in total. The van der Waals surface area contributed by atoms with Crippen molar-refractivity contribution in [3.8, 4) is 17.0 Å². The van der Waals surface area contributed by atoms with Crippen LogP contribution in [-0.4, -0.2) is 23.2 Å². The first-order chi connectivity index (χ1) is 9.08. The van der Waals surface area contributed by atoms with Crippen LogP contribution >= 0.6 is 11.6 Å². The third kappa shape index (κ3) is 2.60. The highest BCUT2D eigenvalue weighted by Gasteiger charge is 2.16. The minimum atomic E-state index is 0.584. The highest BCUT2D eigenvalue weighted by atomic mass is 35.5. The van der Waals surface area contributed by atoms with Gasteiger partial charge in [-0.05, 0) is 31.0 Å². The van der Waals surface area contributed by atoms with Gasteiger partial charge in [0.2, 0.25) is 0 Å². The van der Waals surface area contributed by atoms with E-state index in [0.29, 0.717) is 6.54 Å². The van der Waals surface area contributed by atoms with Crippen molar-refractivity contribution < 1.29 is 4.74 Å². The molecule has 0 spiro atoms. The summed E-state index contributed by atoms with van der Waals surface area (Å²) in [5, 5.41) is 0.754. The number of benzene rings is 1. The van der Waals surface area contributed by atoms with Crippen molar-refractivity contribution in [2.24, 2.45) is 5.73 Å². The van der Waals surface area contributed by atoms with Crippen molar-refractivity contribution in [3.05, 3.63) is 34.7 Å². The molecule has 0 saturated heterocycles. The van der Waals surface area contributed by atoms with Crippen molar-refractivity contribution in [2.45, 2.75) is 20.4 Å². The lowest BCUT2D eigenvalue weighted by atomic mass is 10.0. The maximum absolute atomic E-state index is 6.32. The second-order valence-electron chi connectivity index (χ2n) is 4.50. The zero-order chi connectivity index (χ0) is 14.0. The predicted molar refractivity (Wildman–Crippen MR) is 77.8 cm³/mol. The number of halogens is 1. The van der Waals surface area contributed by atoms with E-state index in [1.54, 1.807) is 13.4 Å². The molecular formula is C14H18ClN3O. The first-order valence-corrected chi connectivity index (χ1v) is 6.52. The molecule has 0 unspecified atom stereocenters. The lowest BCUT2D eigenvalue weighted by Gasteiger charge is -2.13. The molecule has 1 aromatic carbocycles. The molecule has 2 rings (SSSR count). The Morgan fingerprint density at radius 1 is 1.42 bits per heavy atom. The monoisotopic (exact) mass is 279 g/mol. The molecule has 0 radical (unpaired) electrons. The fourth-order valence-corrected chi connectivity index (χ4v) is 2.31. The van der Waals surface area contributed by atoms with E-state index in [0.717, 1.165) is 39.7 Å². The Hall–Kier alpha value is -1.52. The summed E-state index contributed by atoms with van der Waals surface area (Å²) in [6.45, 7) is 5.28. The van der Waals surface area contributed by atoms with Gasteiger partial charge < -0.3 is 15.0 Å². The number of methoxy groups -OCH3 is 1. The van der Waals surface area contributed by atoms with Gasteiger partial charge in [-0.1, -0.05) is 11.6 Å². The van der Waals surface area contributed by atoms with E-state index in [-0.39, 0.29) is 0 Å². The fraction of sp³-hybridized carbons (Fsp3) is 0.357. The number of rotatable bonds is 4. The molecule has 102 valence electrons. The average molecular weight is 280 g/mol. The lowest BCUT2D eigenvalue weighted by Crippen LogP contribution is -2.07. The van der Waals surface area contributed by atoms with Gasteiger partial charge in [0, 0.05) is 29.9 Å². The van der Waals surface area contributed by atoms with Crippen LogP contribution in [0.5, 0.6) is 5.75 Å². The molecule has 2 aromatic rings. The maximum Gasteiger partial charge on any atom is 0.128 e. The van der Waals surface area contributed by atoms with Crippen molar-refractivity contribution in [1.82, 2.24) is 9.55 Å². The van der Waals surface area contributed by atoms with Gasteiger partial charge in [0.1, 0.15) is 5.75 Å². The highest BCUT2D eigenvalue weighted by molar-refractivity contribution is 6.32. The lowest BCUT2D eigenvalue weighted by molar-refractivity contribution is 0.415. The molecule has 0 bridgehead atoms. The van der Waals surface area contributed by atoms with Gasteiger partial charge in [-0.3, -0.25) is 0 Å². The molecule has 0 aliphatic heterocycles. The molecule has 4 nitrogen and oxygen atoms in total. The average Bonchev–Trinajstić information content (AvgIpc) is 2.84. The number of imidazole rings is 1. The van der Waals surface area contributed by atoms with Gasteiger partial charge >= 0.3 is 0 Å². The Labute approximate surface area is 118 Å². The van der Waals surface area contributed by atoms with Crippen LogP contribution in [0.4, 0.5) is 0 Å². The minimum Gasteiger partial charge on any atom is -0.496 e. The van der Waals surface area contributed by atoms with Crippen LogP contribution in [0.3, 0.4) is 0 Å². The van der Waals surface area contributed by atoms with Crippen LogP contribution < -0.4 is 10.5 Å². The van der Waals surface area contributed by atoms with Crippen molar-refractivity contribution in [1.29, 1.82) is 0 Å². The number of aromatic nitrogens is 2. The zero-order valence-corrected chi connectivity index (χ0v) is 12.2. The molecule has 1 heterocycles. The molecule has 0 saturated carbocycles. The second kappa shape index (κ2) is 5.63. The van der Waals surface area contributed by atoms with Crippen LogP contribution in [0.2, 0.25) is 5.02 Å². The van der Waals surface area contributed by atoms with Gasteiger partial charge in [0.15, 0.2) is 0 Å². The molecule has 0 amide bonds. The summed E-state index contributed by atoms with van der Waals surface area (Å²) in [4.78, 5) is 4.41. The predicted octanol–water partition coefficient (Wildman–Crippen LogP) is 2.79. The van der Waals surface area contributed by atoms with E-state index in [4.69, 9.17) is 22.1 Å². The van der Waals surface area contributed by atoms with Gasteiger partial charge in [0.05, 0.1) is 19.1 Å². The van der Waals surface area contributed by atoms with E-state index in [1.165, 1.54) is 0 Å². The summed E-state index contributed by atoms with van der Waals surface area (Å²) >= 11 is 6.32. The number of nitrogens with zero attached hydrogens (tertiary/aromatic N) is 2.